The molecule has 1 aliphatic rings. The summed E-state index contributed by atoms with van der Waals surface area (Å²) in [6, 6.07) is 14.0. The highest BCUT2D eigenvalue weighted by Crippen LogP contribution is 2.40. The van der Waals surface area contributed by atoms with Crippen molar-refractivity contribution in [1.29, 1.82) is 0 Å². The number of aliphatic hydroxyl groups excluding tert-OH is 1. The predicted molar refractivity (Wildman–Crippen MR) is 113 cm³/mol. The summed E-state index contributed by atoms with van der Waals surface area (Å²) in [4.78, 5) is 27.3. The molecule has 29 heavy (non-hydrogen) atoms. The van der Waals surface area contributed by atoms with E-state index in [4.69, 9.17) is 4.74 Å². The van der Waals surface area contributed by atoms with Crippen molar-refractivity contribution in [3.63, 3.8) is 0 Å². The standard InChI is InChI=1S/C24H27NO4/c1-4-6-15-25-21(19-10-8-7-9-16(19)3)20(23(27)24(25)28)22(26)17-11-13-18(14-12-17)29-5-2/h7-14,21,26H,4-6,15H2,1-3H3/b22-20-. The maximum Gasteiger partial charge on any atom is 0.295 e. The zero-order valence-electron chi connectivity index (χ0n) is 17.1. The van der Waals surface area contributed by atoms with Crippen molar-refractivity contribution in [3.8, 4) is 5.75 Å². The van der Waals surface area contributed by atoms with Crippen molar-refractivity contribution < 1.29 is 19.4 Å². The minimum Gasteiger partial charge on any atom is -0.507 e. The summed E-state index contributed by atoms with van der Waals surface area (Å²) in [7, 11) is 0. The summed E-state index contributed by atoms with van der Waals surface area (Å²) in [5.74, 6) is -0.665. The Balaban J connectivity index is 2.12. The third kappa shape index (κ3) is 4.04. The van der Waals surface area contributed by atoms with Gasteiger partial charge in [0.2, 0.25) is 0 Å². The third-order valence-electron chi connectivity index (χ3n) is 5.21. The van der Waals surface area contributed by atoms with Gasteiger partial charge in [-0.25, -0.2) is 0 Å². The molecule has 1 unspecified atom stereocenters. The summed E-state index contributed by atoms with van der Waals surface area (Å²) < 4.78 is 5.44. The van der Waals surface area contributed by atoms with Gasteiger partial charge in [-0.3, -0.25) is 9.59 Å². The smallest absolute Gasteiger partial charge is 0.295 e. The van der Waals surface area contributed by atoms with Crippen LogP contribution >= 0.6 is 0 Å². The van der Waals surface area contributed by atoms with E-state index in [9.17, 15) is 14.7 Å². The lowest BCUT2D eigenvalue weighted by atomic mass is 9.92. The van der Waals surface area contributed by atoms with Crippen LogP contribution in [0, 0.1) is 6.92 Å². The Kier molecular flexibility index (Phi) is 6.37. The molecular formula is C24H27NO4. The lowest BCUT2D eigenvalue weighted by Crippen LogP contribution is -2.30. The second-order valence-corrected chi connectivity index (χ2v) is 7.16. The average molecular weight is 393 g/mol. The number of hydrogen-bond acceptors (Lipinski definition) is 4. The molecule has 1 amide bonds. The molecule has 0 bridgehead atoms. The number of ketones is 1. The molecule has 1 fully saturated rings. The molecule has 3 rings (SSSR count). The van der Waals surface area contributed by atoms with E-state index < -0.39 is 17.7 Å². The second kappa shape index (κ2) is 8.95. The van der Waals surface area contributed by atoms with Crippen molar-refractivity contribution in [1.82, 2.24) is 4.90 Å². The SMILES string of the molecule is CCCCN1C(=O)C(=O)/C(=C(\O)c2ccc(OCC)cc2)C1c1ccccc1C. The summed E-state index contributed by atoms with van der Waals surface area (Å²) in [5.41, 5.74) is 2.46. The van der Waals surface area contributed by atoms with Crippen LogP contribution in [0.1, 0.15) is 49.4 Å². The number of likely N-dealkylation sites (tertiary alicyclic amines) is 1. The molecule has 5 nitrogen and oxygen atoms in total. The Morgan fingerprint density at radius 1 is 1.07 bits per heavy atom. The van der Waals surface area contributed by atoms with Crippen LogP contribution in [-0.2, 0) is 9.59 Å². The number of aryl methyl sites for hydroxylation is 1. The number of rotatable bonds is 7. The van der Waals surface area contributed by atoms with E-state index >= 15 is 0 Å². The summed E-state index contributed by atoms with van der Waals surface area (Å²) in [5, 5.41) is 11.0. The Morgan fingerprint density at radius 3 is 2.38 bits per heavy atom. The number of aliphatic hydroxyl groups is 1. The molecule has 0 saturated carbocycles. The number of amides is 1. The molecule has 0 aromatic heterocycles. The van der Waals surface area contributed by atoms with Crippen LogP contribution < -0.4 is 4.74 Å². The molecule has 0 spiro atoms. The molecule has 2 aromatic rings. The molecule has 0 aliphatic carbocycles. The average Bonchev–Trinajstić information content (AvgIpc) is 2.97. The first-order chi connectivity index (χ1) is 14.0. The fourth-order valence-electron chi connectivity index (χ4n) is 3.69. The first-order valence-corrected chi connectivity index (χ1v) is 10.1. The molecule has 152 valence electrons. The van der Waals surface area contributed by atoms with Gasteiger partial charge in [-0.2, -0.15) is 0 Å². The first kappa shape index (κ1) is 20.6. The molecular weight excluding hydrogens is 366 g/mol. The Bertz CT molecular complexity index is 930. The highest BCUT2D eigenvalue weighted by atomic mass is 16.5. The predicted octanol–water partition coefficient (Wildman–Crippen LogP) is 4.62. The van der Waals surface area contributed by atoms with Gasteiger partial charge >= 0.3 is 0 Å². The number of carbonyl (C=O) groups is 2. The van der Waals surface area contributed by atoms with Gasteiger partial charge in [0.1, 0.15) is 11.5 Å². The largest absolute Gasteiger partial charge is 0.507 e. The molecule has 2 aromatic carbocycles. The van der Waals surface area contributed by atoms with Crippen molar-refractivity contribution in [3.05, 3.63) is 70.8 Å². The molecule has 1 heterocycles. The van der Waals surface area contributed by atoms with E-state index in [1.807, 2.05) is 45.0 Å². The number of unbranched alkanes of at least 4 members (excludes halogenated alkanes) is 1. The van der Waals surface area contributed by atoms with Crippen molar-refractivity contribution in [2.75, 3.05) is 13.2 Å². The van der Waals surface area contributed by atoms with Crippen LogP contribution in [0.4, 0.5) is 0 Å². The molecule has 1 aliphatic heterocycles. The highest BCUT2D eigenvalue weighted by Gasteiger charge is 2.46. The summed E-state index contributed by atoms with van der Waals surface area (Å²) >= 11 is 0. The van der Waals surface area contributed by atoms with Crippen LogP contribution in [-0.4, -0.2) is 34.8 Å². The lowest BCUT2D eigenvalue weighted by Gasteiger charge is -2.26. The van der Waals surface area contributed by atoms with Crippen LogP contribution in [0.3, 0.4) is 0 Å². The lowest BCUT2D eigenvalue weighted by molar-refractivity contribution is -0.139. The van der Waals surface area contributed by atoms with Gasteiger partial charge in [-0.1, -0.05) is 37.6 Å². The minimum atomic E-state index is -0.638. The summed E-state index contributed by atoms with van der Waals surface area (Å²) in [6.45, 7) is 6.90. The first-order valence-electron chi connectivity index (χ1n) is 10.1. The second-order valence-electron chi connectivity index (χ2n) is 7.16. The summed E-state index contributed by atoms with van der Waals surface area (Å²) in [6.07, 6.45) is 1.70. The Labute approximate surface area is 171 Å². The van der Waals surface area contributed by atoms with E-state index in [1.165, 1.54) is 0 Å². The minimum absolute atomic E-state index is 0.143. The number of hydrogen-bond donors (Lipinski definition) is 1. The fraction of sp³-hybridized carbons (Fsp3) is 0.333. The number of ether oxygens (including phenoxy) is 1. The third-order valence-corrected chi connectivity index (χ3v) is 5.21. The number of Topliss-reactive ketones (excluding diaryl/α,β-unsaturated/α-hetero) is 1. The zero-order chi connectivity index (χ0) is 21.0. The maximum atomic E-state index is 12.9. The van der Waals surface area contributed by atoms with E-state index in [1.54, 1.807) is 29.2 Å². The maximum absolute atomic E-state index is 12.9. The Morgan fingerprint density at radius 2 is 1.76 bits per heavy atom. The monoisotopic (exact) mass is 393 g/mol. The normalized spacial score (nSPS) is 18.3. The van der Waals surface area contributed by atoms with E-state index in [0.29, 0.717) is 24.5 Å². The van der Waals surface area contributed by atoms with Gasteiger partial charge in [0.25, 0.3) is 11.7 Å². The Hall–Kier alpha value is -3.08. The molecule has 1 N–H and O–H groups in total. The van der Waals surface area contributed by atoms with Gasteiger partial charge in [-0.05, 0) is 55.7 Å². The number of benzene rings is 2. The van der Waals surface area contributed by atoms with Gasteiger partial charge in [0.15, 0.2) is 0 Å². The van der Waals surface area contributed by atoms with Crippen molar-refractivity contribution in [2.24, 2.45) is 0 Å². The van der Waals surface area contributed by atoms with Crippen molar-refractivity contribution >= 4 is 17.4 Å². The highest BCUT2D eigenvalue weighted by molar-refractivity contribution is 6.46. The van der Waals surface area contributed by atoms with Crippen LogP contribution in [0.25, 0.3) is 5.76 Å². The van der Waals surface area contributed by atoms with Crippen molar-refractivity contribution in [2.45, 2.75) is 39.7 Å². The number of carbonyl (C=O) groups excluding carboxylic acids is 2. The molecule has 0 radical (unpaired) electrons. The van der Waals surface area contributed by atoms with Crippen LogP contribution in [0.15, 0.2) is 54.1 Å². The molecule has 1 saturated heterocycles. The van der Waals surface area contributed by atoms with Gasteiger partial charge < -0.3 is 14.7 Å². The molecule has 5 heteroatoms. The van der Waals surface area contributed by atoms with E-state index in [2.05, 4.69) is 0 Å². The van der Waals surface area contributed by atoms with E-state index in [-0.39, 0.29) is 11.3 Å². The number of nitrogens with zero attached hydrogens (tertiary/aromatic N) is 1. The van der Waals surface area contributed by atoms with Crippen LogP contribution in [0.5, 0.6) is 5.75 Å². The van der Waals surface area contributed by atoms with Gasteiger partial charge in [-0.15, -0.1) is 0 Å². The topological polar surface area (TPSA) is 66.8 Å². The van der Waals surface area contributed by atoms with Gasteiger partial charge in [0.05, 0.1) is 18.2 Å². The van der Waals surface area contributed by atoms with Crippen LogP contribution in [0.2, 0.25) is 0 Å². The van der Waals surface area contributed by atoms with Gasteiger partial charge in [0, 0.05) is 12.1 Å². The molecule has 1 atom stereocenters. The zero-order valence-corrected chi connectivity index (χ0v) is 17.1. The fourth-order valence-corrected chi connectivity index (χ4v) is 3.69. The van der Waals surface area contributed by atoms with E-state index in [0.717, 1.165) is 24.0 Å². The quantitative estimate of drug-likeness (QED) is 0.424.